The van der Waals surface area contributed by atoms with Gasteiger partial charge in [-0.2, -0.15) is 0 Å². The maximum Gasteiger partial charge on any atom is 0.348 e. The largest absolute Gasteiger partial charge is 0.478 e. The molecule has 2 aliphatic rings. The first-order chi connectivity index (χ1) is 5.92. The van der Waals surface area contributed by atoms with E-state index in [0.717, 1.165) is 0 Å². The Morgan fingerprint density at radius 3 is 2.46 bits per heavy atom. The normalized spacial score (nSPS) is 40.5. The van der Waals surface area contributed by atoms with Crippen LogP contribution in [0.3, 0.4) is 0 Å². The summed E-state index contributed by atoms with van der Waals surface area (Å²) in [5, 5.41) is 9.07. The van der Waals surface area contributed by atoms with Gasteiger partial charge in [-0.25, -0.2) is 4.79 Å². The minimum absolute atomic E-state index is 0.233. The summed E-state index contributed by atoms with van der Waals surface area (Å²) < 4.78 is 4.99. The van der Waals surface area contributed by atoms with Gasteiger partial charge in [0, 0.05) is 5.41 Å². The molecule has 13 heavy (non-hydrogen) atoms. The summed E-state index contributed by atoms with van der Waals surface area (Å²) in [5.41, 5.74) is -1.81. The third kappa shape index (κ3) is 0.716. The highest BCUT2D eigenvalue weighted by Gasteiger charge is 2.70. The summed E-state index contributed by atoms with van der Waals surface area (Å²) in [5.74, 6) is -1.59. The Labute approximate surface area is 75.9 Å². The van der Waals surface area contributed by atoms with Crippen molar-refractivity contribution < 1.29 is 19.4 Å². The second-order valence-electron chi connectivity index (χ2n) is 4.37. The maximum atomic E-state index is 11.3. The van der Waals surface area contributed by atoms with Crippen LogP contribution in [0.2, 0.25) is 0 Å². The predicted molar refractivity (Wildman–Crippen MR) is 43.0 cm³/mol. The number of carbonyl (C=O) groups excluding carboxylic acids is 1. The number of fused-ring (bicyclic) bond motifs is 2. The molecule has 1 aliphatic heterocycles. The van der Waals surface area contributed by atoms with Crippen LogP contribution in [0.5, 0.6) is 0 Å². The van der Waals surface area contributed by atoms with Gasteiger partial charge in [-0.15, -0.1) is 0 Å². The summed E-state index contributed by atoms with van der Waals surface area (Å²) >= 11 is 0. The van der Waals surface area contributed by atoms with Crippen LogP contribution < -0.4 is 0 Å². The molecule has 1 aliphatic carbocycles. The summed E-state index contributed by atoms with van der Waals surface area (Å²) in [6.45, 7) is 3.59. The van der Waals surface area contributed by atoms with Gasteiger partial charge in [-0.3, -0.25) is 4.79 Å². The highest BCUT2D eigenvalue weighted by Crippen LogP contribution is 2.58. The van der Waals surface area contributed by atoms with Crippen molar-refractivity contribution in [1.29, 1.82) is 0 Å². The first kappa shape index (κ1) is 8.53. The lowest BCUT2D eigenvalue weighted by Gasteiger charge is -2.30. The summed E-state index contributed by atoms with van der Waals surface area (Å²) in [6, 6.07) is 0. The SMILES string of the molecule is CC1(C)C2CCC1(C(=O)O)OC2=O. The number of esters is 1. The Bertz CT molecular complexity index is 294. The molecule has 0 aromatic heterocycles. The standard InChI is InChI=1S/C9H12O4/c1-8(2)5-3-4-9(8,7(11)12)13-6(5)10/h5H,3-4H2,1-2H3,(H,11,12). The second-order valence-corrected chi connectivity index (χ2v) is 4.37. The summed E-state index contributed by atoms with van der Waals surface area (Å²) in [6.07, 6.45) is 1.09. The number of carboxylic acid groups (broad SMARTS) is 1. The number of rotatable bonds is 1. The molecule has 0 amide bonds. The van der Waals surface area contributed by atoms with Crippen LogP contribution in [0.1, 0.15) is 26.7 Å². The molecule has 2 atom stereocenters. The van der Waals surface area contributed by atoms with E-state index in [4.69, 9.17) is 9.84 Å². The lowest BCUT2D eigenvalue weighted by molar-refractivity contribution is -0.178. The van der Waals surface area contributed by atoms with Crippen molar-refractivity contribution in [1.82, 2.24) is 0 Å². The number of aliphatic carboxylic acids is 1. The van der Waals surface area contributed by atoms with E-state index in [1.165, 1.54) is 0 Å². The Morgan fingerprint density at radius 2 is 2.23 bits per heavy atom. The summed E-state index contributed by atoms with van der Waals surface area (Å²) in [4.78, 5) is 22.3. The molecule has 1 N–H and O–H groups in total. The maximum absolute atomic E-state index is 11.3. The first-order valence-corrected chi connectivity index (χ1v) is 4.38. The smallest absolute Gasteiger partial charge is 0.348 e. The fraction of sp³-hybridized carbons (Fsp3) is 0.778. The van der Waals surface area contributed by atoms with Crippen LogP contribution in [0.25, 0.3) is 0 Å². The number of hydrogen-bond acceptors (Lipinski definition) is 3. The minimum Gasteiger partial charge on any atom is -0.478 e. The van der Waals surface area contributed by atoms with Crippen molar-refractivity contribution in [2.75, 3.05) is 0 Å². The monoisotopic (exact) mass is 184 g/mol. The molecule has 4 nitrogen and oxygen atoms in total. The van der Waals surface area contributed by atoms with Crippen molar-refractivity contribution in [3.8, 4) is 0 Å². The van der Waals surface area contributed by atoms with Crippen LogP contribution in [0, 0.1) is 11.3 Å². The average molecular weight is 184 g/mol. The Balaban J connectivity index is 2.51. The molecule has 72 valence electrons. The number of carbonyl (C=O) groups is 2. The molecular formula is C9H12O4. The lowest BCUT2D eigenvalue weighted by Crippen LogP contribution is -2.46. The van der Waals surface area contributed by atoms with E-state index in [1.54, 1.807) is 13.8 Å². The molecule has 1 saturated heterocycles. The Kier molecular flexibility index (Phi) is 1.35. The van der Waals surface area contributed by atoms with E-state index in [-0.39, 0.29) is 11.9 Å². The number of hydrogen-bond donors (Lipinski definition) is 1. The number of carboxylic acids is 1. The zero-order valence-electron chi connectivity index (χ0n) is 7.66. The van der Waals surface area contributed by atoms with Crippen molar-refractivity contribution >= 4 is 11.9 Å². The van der Waals surface area contributed by atoms with Crippen LogP contribution in [0.4, 0.5) is 0 Å². The van der Waals surface area contributed by atoms with Gasteiger partial charge in [-0.05, 0) is 12.8 Å². The van der Waals surface area contributed by atoms with Crippen LogP contribution in [0.15, 0.2) is 0 Å². The van der Waals surface area contributed by atoms with Gasteiger partial charge >= 0.3 is 11.9 Å². The predicted octanol–water partition coefficient (Wildman–Crippen LogP) is 0.803. The van der Waals surface area contributed by atoms with Crippen molar-refractivity contribution in [3.05, 3.63) is 0 Å². The third-order valence-electron chi connectivity index (χ3n) is 3.60. The Morgan fingerprint density at radius 1 is 1.62 bits per heavy atom. The van der Waals surface area contributed by atoms with Crippen LogP contribution in [-0.4, -0.2) is 22.6 Å². The van der Waals surface area contributed by atoms with Gasteiger partial charge in [0.05, 0.1) is 5.92 Å². The quantitative estimate of drug-likeness (QED) is 0.612. The molecule has 0 radical (unpaired) electrons. The minimum atomic E-state index is -1.26. The molecular weight excluding hydrogens is 172 g/mol. The fourth-order valence-corrected chi connectivity index (χ4v) is 2.58. The molecule has 0 aromatic carbocycles. The van der Waals surface area contributed by atoms with Gasteiger partial charge in [0.2, 0.25) is 5.60 Å². The van der Waals surface area contributed by atoms with E-state index in [2.05, 4.69) is 0 Å². The molecule has 1 saturated carbocycles. The van der Waals surface area contributed by atoms with Crippen LogP contribution in [-0.2, 0) is 14.3 Å². The van der Waals surface area contributed by atoms with E-state index in [9.17, 15) is 9.59 Å². The van der Waals surface area contributed by atoms with Gasteiger partial charge in [0.25, 0.3) is 0 Å². The van der Waals surface area contributed by atoms with Crippen LogP contribution >= 0.6 is 0 Å². The summed E-state index contributed by atoms with van der Waals surface area (Å²) in [7, 11) is 0. The average Bonchev–Trinajstić information content (AvgIpc) is 2.35. The topological polar surface area (TPSA) is 63.6 Å². The van der Waals surface area contributed by atoms with Gasteiger partial charge in [-0.1, -0.05) is 13.8 Å². The van der Waals surface area contributed by atoms with Gasteiger partial charge in [0.15, 0.2) is 0 Å². The van der Waals surface area contributed by atoms with E-state index < -0.39 is 17.0 Å². The van der Waals surface area contributed by atoms with Crippen molar-refractivity contribution in [2.24, 2.45) is 11.3 Å². The van der Waals surface area contributed by atoms with E-state index in [1.807, 2.05) is 0 Å². The van der Waals surface area contributed by atoms with E-state index in [0.29, 0.717) is 12.8 Å². The fourth-order valence-electron chi connectivity index (χ4n) is 2.58. The third-order valence-corrected chi connectivity index (χ3v) is 3.60. The molecule has 0 spiro atoms. The molecule has 2 bridgehead atoms. The zero-order valence-corrected chi connectivity index (χ0v) is 7.66. The zero-order chi connectivity index (χ0) is 9.85. The Hall–Kier alpha value is -1.06. The molecule has 2 rings (SSSR count). The highest BCUT2D eigenvalue weighted by molar-refractivity contribution is 5.90. The van der Waals surface area contributed by atoms with E-state index >= 15 is 0 Å². The second kappa shape index (κ2) is 2.05. The van der Waals surface area contributed by atoms with Gasteiger partial charge < -0.3 is 9.84 Å². The molecule has 4 heteroatoms. The van der Waals surface area contributed by atoms with Crippen molar-refractivity contribution in [2.45, 2.75) is 32.3 Å². The number of ether oxygens (including phenoxy) is 1. The first-order valence-electron chi connectivity index (χ1n) is 4.38. The van der Waals surface area contributed by atoms with Gasteiger partial charge in [0.1, 0.15) is 0 Å². The molecule has 1 heterocycles. The molecule has 2 fully saturated rings. The lowest BCUT2D eigenvalue weighted by atomic mass is 9.75. The molecule has 2 unspecified atom stereocenters. The molecule has 0 aromatic rings. The van der Waals surface area contributed by atoms with Crippen molar-refractivity contribution in [3.63, 3.8) is 0 Å². The highest BCUT2D eigenvalue weighted by atomic mass is 16.6.